The van der Waals surface area contributed by atoms with Gasteiger partial charge >= 0.3 is 6.09 Å². The third-order valence-electron chi connectivity index (χ3n) is 7.26. The molecule has 43 heavy (non-hydrogen) atoms. The molecule has 1 aliphatic heterocycles. The smallest absolute Gasteiger partial charge is 0.410 e. The van der Waals surface area contributed by atoms with Crippen molar-refractivity contribution in [2.24, 2.45) is 11.8 Å². The highest BCUT2D eigenvalue weighted by Gasteiger charge is 2.41. The second-order valence-corrected chi connectivity index (χ2v) is 12.4. The van der Waals surface area contributed by atoms with Crippen molar-refractivity contribution in [1.82, 2.24) is 29.9 Å². The van der Waals surface area contributed by atoms with E-state index in [1.54, 1.807) is 44.5 Å². The fourth-order valence-corrected chi connectivity index (χ4v) is 5.23. The summed E-state index contributed by atoms with van der Waals surface area (Å²) in [4.78, 5) is 49.4. The molecule has 1 aromatic carbocycles. The summed E-state index contributed by atoms with van der Waals surface area (Å²) in [6.45, 7) is 10.9. The number of hydrogen-bond donors (Lipinski definition) is 0. The van der Waals surface area contributed by atoms with E-state index in [1.165, 1.54) is 17.1 Å². The molecule has 2 aromatic rings. The van der Waals surface area contributed by atoms with E-state index in [9.17, 15) is 14.4 Å². The van der Waals surface area contributed by atoms with E-state index in [4.69, 9.17) is 14.3 Å². The van der Waals surface area contributed by atoms with Crippen LogP contribution in [-0.2, 0) is 25.5 Å². The first-order chi connectivity index (χ1) is 20.4. The molecule has 12 heteroatoms. The zero-order chi connectivity index (χ0) is 31.7. The molecule has 0 bridgehead atoms. The molecule has 3 rings (SSSR count). The summed E-state index contributed by atoms with van der Waals surface area (Å²) in [5.74, 6) is -1.02. The number of piperidine rings is 1. The highest BCUT2D eigenvalue weighted by atomic mass is 16.7. The molecule has 1 aromatic heterocycles. The molecule has 0 aliphatic carbocycles. The number of hydroxylamine groups is 2. The summed E-state index contributed by atoms with van der Waals surface area (Å²) in [5.41, 5.74) is 1.09. The van der Waals surface area contributed by atoms with Gasteiger partial charge in [-0.3, -0.25) is 14.4 Å². The lowest BCUT2D eigenvalue weighted by Crippen LogP contribution is -2.57. The number of nitrogens with zero attached hydrogens (tertiary/aromatic N) is 6. The fourth-order valence-electron chi connectivity index (χ4n) is 5.23. The van der Waals surface area contributed by atoms with Gasteiger partial charge in [-0.15, -0.1) is 5.10 Å². The number of methoxy groups -OCH3 is 1. The maximum Gasteiger partial charge on any atom is 0.410 e. The van der Waals surface area contributed by atoms with Gasteiger partial charge in [0.2, 0.25) is 0 Å². The zero-order valence-electron chi connectivity index (χ0n) is 26.9. The molecule has 0 radical (unpaired) electrons. The van der Waals surface area contributed by atoms with Crippen LogP contribution in [0, 0.1) is 11.8 Å². The van der Waals surface area contributed by atoms with Crippen LogP contribution in [0.15, 0.2) is 30.3 Å². The number of benzene rings is 1. The standard InChI is InChI=1S/C31H48N6O6/c1-22(2)19-36(25-18-23(28(38)34(6)42-8)20-35(21-25)30(40)43-31(3,4)5)29(39)27-26(16-12-13-17-41-7)37(33-32-27)24-14-10-9-11-15-24/h9-11,14-15,22-23,25H,12-13,16-21H2,1-8H3/t23?,25-/m0/s1. The summed E-state index contributed by atoms with van der Waals surface area (Å²) >= 11 is 0. The number of rotatable bonds is 12. The molecule has 1 unspecified atom stereocenters. The van der Waals surface area contributed by atoms with Gasteiger partial charge in [-0.2, -0.15) is 0 Å². The van der Waals surface area contributed by atoms with E-state index in [0.29, 0.717) is 31.7 Å². The van der Waals surface area contributed by atoms with Gasteiger partial charge in [-0.1, -0.05) is 37.3 Å². The van der Waals surface area contributed by atoms with Crippen molar-refractivity contribution in [2.75, 3.05) is 47.5 Å². The van der Waals surface area contributed by atoms with Gasteiger partial charge in [-0.05, 0) is 64.5 Å². The molecular weight excluding hydrogens is 552 g/mol. The number of ether oxygens (including phenoxy) is 2. The van der Waals surface area contributed by atoms with E-state index in [0.717, 1.165) is 18.5 Å². The van der Waals surface area contributed by atoms with E-state index in [-0.39, 0.29) is 36.5 Å². The van der Waals surface area contributed by atoms with Gasteiger partial charge in [0.05, 0.1) is 30.5 Å². The highest BCUT2D eigenvalue weighted by Crippen LogP contribution is 2.27. The number of amides is 3. The Balaban J connectivity index is 2.01. The predicted molar refractivity (Wildman–Crippen MR) is 162 cm³/mol. The van der Waals surface area contributed by atoms with Gasteiger partial charge in [0.1, 0.15) is 5.60 Å². The van der Waals surface area contributed by atoms with Gasteiger partial charge in [0.15, 0.2) is 5.69 Å². The molecule has 1 saturated heterocycles. The minimum atomic E-state index is -0.714. The minimum absolute atomic E-state index is 0.117. The fraction of sp³-hybridized carbons (Fsp3) is 0.645. The average Bonchev–Trinajstić information content (AvgIpc) is 3.40. The number of carbonyl (C=O) groups is 3. The molecule has 1 fully saturated rings. The van der Waals surface area contributed by atoms with Crippen LogP contribution in [0.4, 0.5) is 4.79 Å². The Hall–Kier alpha value is -3.51. The van der Waals surface area contributed by atoms with Crippen molar-refractivity contribution in [3.63, 3.8) is 0 Å². The van der Waals surface area contributed by atoms with Crippen LogP contribution in [0.2, 0.25) is 0 Å². The lowest BCUT2D eigenvalue weighted by molar-refractivity contribution is -0.175. The minimum Gasteiger partial charge on any atom is -0.444 e. The first-order valence-corrected chi connectivity index (χ1v) is 15.0. The third-order valence-corrected chi connectivity index (χ3v) is 7.26. The molecule has 0 spiro atoms. The maximum atomic E-state index is 14.4. The molecule has 3 amide bonds. The van der Waals surface area contributed by atoms with Gasteiger partial charge < -0.3 is 19.3 Å². The third kappa shape index (κ3) is 9.24. The monoisotopic (exact) mass is 600 g/mol. The number of carbonyl (C=O) groups excluding carboxylic acids is 3. The van der Waals surface area contributed by atoms with Crippen LogP contribution in [0.5, 0.6) is 0 Å². The Morgan fingerprint density at radius 3 is 2.37 bits per heavy atom. The summed E-state index contributed by atoms with van der Waals surface area (Å²) in [6, 6.07) is 9.15. The molecule has 238 valence electrons. The number of unbranched alkanes of at least 4 members (excludes halogenated alkanes) is 1. The summed E-state index contributed by atoms with van der Waals surface area (Å²) in [7, 11) is 4.63. The van der Waals surface area contributed by atoms with Crippen LogP contribution in [0.1, 0.15) is 70.1 Å². The molecule has 2 heterocycles. The predicted octanol–water partition coefficient (Wildman–Crippen LogP) is 3.98. The van der Waals surface area contributed by atoms with E-state index in [2.05, 4.69) is 10.3 Å². The Morgan fingerprint density at radius 1 is 1.07 bits per heavy atom. The lowest BCUT2D eigenvalue weighted by Gasteiger charge is -2.43. The number of aromatic nitrogens is 3. The Kier molecular flexibility index (Phi) is 12.1. The molecule has 1 aliphatic rings. The summed E-state index contributed by atoms with van der Waals surface area (Å²) in [5, 5.41) is 9.97. The van der Waals surface area contributed by atoms with Crippen molar-refractivity contribution in [1.29, 1.82) is 0 Å². The normalized spacial score (nSPS) is 17.2. The van der Waals surface area contributed by atoms with Crippen LogP contribution in [-0.4, -0.2) is 107 Å². The lowest BCUT2D eigenvalue weighted by atomic mass is 9.91. The Bertz CT molecular complexity index is 1210. The van der Waals surface area contributed by atoms with Crippen molar-refractivity contribution < 1.29 is 28.7 Å². The Labute approximate surface area is 255 Å². The first kappa shape index (κ1) is 34.0. The highest BCUT2D eigenvalue weighted by molar-refractivity contribution is 5.94. The van der Waals surface area contributed by atoms with Crippen LogP contribution < -0.4 is 0 Å². The Morgan fingerprint density at radius 2 is 1.77 bits per heavy atom. The number of hydrogen-bond acceptors (Lipinski definition) is 8. The van der Waals surface area contributed by atoms with Gasteiger partial charge in [-0.25, -0.2) is 14.5 Å². The first-order valence-electron chi connectivity index (χ1n) is 15.0. The molecular formula is C31H48N6O6. The second-order valence-electron chi connectivity index (χ2n) is 12.4. The average molecular weight is 601 g/mol. The molecule has 2 atom stereocenters. The van der Waals surface area contributed by atoms with Crippen LogP contribution in [0.25, 0.3) is 5.69 Å². The largest absolute Gasteiger partial charge is 0.444 e. The van der Waals surface area contributed by atoms with Crippen molar-refractivity contribution >= 4 is 17.9 Å². The number of para-hydroxylation sites is 1. The zero-order valence-corrected chi connectivity index (χ0v) is 26.9. The van der Waals surface area contributed by atoms with E-state index in [1.807, 2.05) is 44.2 Å². The molecule has 0 saturated carbocycles. The second kappa shape index (κ2) is 15.3. The quantitative estimate of drug-likeness (QED) is 0.265. The SMILES string of the molecule is COCCCCc1c(C(=O)N(CC(C)C)[C@H]2CC(C(=O)N(C)OC)CN(C(=O)OC(C)(C)C)C2)nnn1-c1ccccc1. The molecule has 0 N–H and O–H groups in total. The van der Waals surface area contributed by atoms with Gasteiger partial charge in [0, 0.05) is 40.4 Å². The van der Waals surface area contributed by atoms with Crippen molar-refractivity contribution in [3.8, 4) is 5.69 Å². The van der Waals surface area contributed by atoms with E-state index < -0.39 is 23.7 Å². The number of likely N-dealkylation sites (tertiary alicyclic amines) is 1. The summed E-state index contributed by atoms with van der Waals surface area (Å²) in [6.07, 6.45) is 2.02. The van der Waals surface area contributed by atoms with Crippen LogP contribution >= 0.6 is 0 Å². The van der Waals surface area contributed by atoms with Crippen LogP contribution in [0.3, 0.4) is 0 Å². The van der Waals surface area contributed by atoms with Gasteiger partial charge in [0.25, 0.3) is 11.8 Å². The topological polar surface area (TPSA) is 119 Å². The summed E-state index contributed by atoms with van der Waals surface area (Å²) < 4.78 is 12.6. The maximum absolute atomic E-state index is 14.4. The van der Waals surface area contributed by atoms with Crippen molar-refractivity contribution in [3.05, 3.63) is 41.7 Å². The van der Waals surface area contributed by atoms with E-state index >= 15 is 0 Å². The molecule has 12 nitrogen and oxygen atoms in total. The van der Waals surface area contributed by atoms with Crippen molar-refractivity contribution in [2.45, 2.75) is 71.9 Å².